The van der Waals surface area contributed by atoms with Gasteiger partial charge in [-0.2, -0.15) is 5.26 Å². The molecule has 1 heterocycles. The Kier molecular flexibility index (Phi) is 4.29. The molecule has 0 atom stereocenters. The summed E-state index contributed by atoms with van der Waals surface area (Å²) in [6, 6.07) is 6.63. The largest absolute Gasteiger partial charge is 0.330 e. The van der Waals surface area contributed by atoms with Gasteiger partial charge in [-0.25, -0.2) is 4.39 Å². The van der Waals surface area contributed by atoms with Crippen LogP contribution in [0.15, 0.2) is 18.2 Å². The van der Waals surface area contributed by atoms with E-state index in [0.29, 0.717) is 23.6 Å². The number of hydrogen-bond acceptors (Lipinski definition) is 3. The van der Waals surface area contributed by atoms with Crippen LogP contribution in [0.2, 0.25) is 0 Å². The molecular formula is C14H18FN3. The van der Waals surface area contributed by atoms with Crippen molar-refractivity contribution in [2.45, 2.75) is 19.4 Å². The van der Waals surface area contributed by atoms with Gasteiger partial charge in [-0.05, 0) is 50.5 Å². The van der Waals surface area contributed by atoms with Crippen LogP contribution in [0.25, 0.3) is 0 Å². The first-order chi connectivity index (χ1) is 8.72. The lowest BCUT2D eigenvalue weighted by Crippen LogP contribution is -2.35. The maximum atomic E-state index is 13.7. The maximum Gasteiger partial charge on any atom is 0.129 e. The summed E-state index contributed by atoms with van der Waals surface area (Å²) < 4.78 is 13.7. The highest BCUT2D eigenvalue weighted by atomic mass is 19.1. The third-order valence-corrected chi connectivity index (χ3v) is 3.62. The molecule has 3 nitrogen and oxygen atoms in total. The van der Waals surface area contributed by atoms with E-state index >= 15 is 0 Å². The Bertz CT molecular complexity index is 445. The van der Waals surface area contributed by atoms with E-state index in [-0.39, 0.29) is 5.82 Å². The molecule has 0 bridgehead atoms. The second-order valence-corrected chi connectivity index (χ2v) is 4.87. The zero-order chi connectivity index (χ0) is 13.0. The van der Waals surface area contributed by atoms with Crippen molar-refractivity contribution in [3.8, 4) is 6.07 Å². The summed E-state index contributed by atoms with van der Waals surface area (Å²) in [5, 5.41) is 8.69. The number of hydrogen-bond donors (Lipinski definition) is 1. The molecule has 0 spiro atoms. The maximum absolute atomic E-state index is 13.7. The normalized spacial score (nSPS) is 17.6. The summed E-state index contributed by atoms with van der Waals surface area (Å²) in [7, 11) is 0. The fourth-order valence-electron chi connectivity index (χ4n) is 2.37. The van der Waals surface area contributed by atoms with E-state index in [9.17, 15) is 4.39 Å². The van der Waals surface area contributed by atoms with Crippen LogP contribution in [-0.4, -0.2) is 24.5 Å². The van der Waals surface area contributed by atoms with Crippen molar-refractivity contribution in [3.63, 3.8) is 0 Å². The average Bonchev–Trinajstić information content (AvgIpc) is 2.42. The van der Waals surface area contributed by atoms with Gasteiger partial charge in [-0.3, -0.25) is 4.90 Å². The first-order valence-corrected chi connectivity index (χ1v) is 6.34. The van der Waals surface area contributed by atoms with Crippen LogP contribution in [0.5, 0.6) is 0 Å². The van der Waals surface area contributed by atoms with Gasteiger partial charge in [0, 0.05) is 12.1 Å². The molecule has 0 radical (unpaired) electrons. The van der Waals surface area contributed by atoms with Crippen LogP contribution >= 0.6 is 0 Å². The Morgan fingerprint density at radius 3 is 2.67 bits per heavy atom. The molecule has 1 aliphatic heterocycles. The van der Waals surface area contributed by atoms with E-state index in [1.165, 1.54) is 6.07 Å². The molecule has 2 rings (SSSR count). The van der Waals surface area contributed by atoms with E-state index in [4.69, 9.17) is 11.0 Å². The lowest BCUT2D eigenvalue weighted by atomic mass is 9.97. The number of benzene rings is 1. The number of halogens is 1. The Balaban J connectivity index is 1.96. The van der Waals surface area contributed by atoms with Gasteiger partial charge < -0.3 is 5.73 Å². The number of likely N-dealkylation sites (tertiary alicyclic amines) is 1. The van der Waals surface area contributed by atoms with Crippen molar-refractivity contribution in [2.75, 3.05) is 19.6 Å². The molecule has 1 aromatic carbocycles. The van der Waals surface area contributed by atoms with E-state index in [2.05, 4.69) is 4.90 Å². The van der Waals surface area contributed by atoms with Crippen molar-refractivity contribution in [2.24, 2.45) is 11.7 Å². The van der Waals surface area contributed by atoms with Crippen molar-refractivity contribution in [3.05, 3.63) is 35.1 Å². The van der Waals surface area contributed by atoms with Crippen LogP contribution in [0.3, 0.4) is 0 Å². The monoisotopic (exact) mass is 247 g/mol. The Morgan fingerprint density at radius 2 is 2.11 bits per heavy atom. The molecule has 96 valence electrons. The highest BCUT2D eigenvalue weighted by molar-refractivity contribution is 5.32. The molecule has 0 amide bonds. The molecule has 1 saturated heterocycles. The highest BCUT2D eigenvalue weighted by Gasteiger charge is 2.18. The summed E-state index contributed by atoms with van der Waals surface area (Å²) in [6.07, 6.45) is 2.18. The number of nitrogens with two attached hydrogens (primary N) is 1. The quantitative estimate of drug-likeness (QED) is 0.887. The highest BCUT2D eigenvalue weighted by Crippen LogP contribution is 2.19. The lowest BCUT2D eigenvalue weighted by molar-refractivity contribution is 0.178. The fraction of sp³-hybridized carbons (Fsp3) is 0.500. The summed E-state index contributed by atoms with van der Waals surface area (Å²) in [4.78, 5) is 2.25. The number of piperidine rings is 1. The summed E-state index contributed by atoms with van der Waals surface area (Å²) >= 11 is 0. The topological polar surface area (TPSA) is 53.0 Å². The minimum absolute atomic E-state index is 0.282. The number of nitrogens with zero attached hydrogens (tertiary/aromatic N) is 2. The van der Waals surface area contributed by atoms with Gasteiger partial charge in [-0.1, -0.05) is 6.07 Å². The van der Waals surface area contributed by atoms with Crippen molar-refractivity contribution in [1.29, 1.82) is 5.26 Å². The van der Waals surface area contributed by atoms with Crippen molar-refractivity contribution in [1.82, 2.24) is 4.90 Å². The van der Waals surface area contributed by atoms with Gasteiger partial charge >= 0.3 is 0 Å². The van der Waals surface area contributed by atoms with E-state index < -0.39 is 0 Å². The van der Waals surface area contributed by atoms with Crippen molar-refractivity contribution >= 4 is 0 Å². The smallest absolute Gasteiger partial charge is 0.129 e. The number of nitriles is 1. The molecule has 4 heteroatoms. The molecule has 18 heavy (non-hydrogen) atoms. The third-order valence-electron chi connectivity index (χ3n) is 3.62. The average molecular weight is 247 g/mol. The van der Waals surface area contributed by atoms with Crippen molar-refractivity contribution < 1.29 is 4.39 Å². The Morgan fingerprint density at radius 1 is 1.39 bits per heavy atom. The predicted molar refractivity (Wildman–Crippen MR) is 68.2 cm³/mol. The van der Waals surface area contributed by atoms with Crippen LogP contribution in [0.4, 0.5) is 4.39 Å². The van der Waals surface area contributed by atoms with Crippen LogP contribution < -0.4 is 5.73 Å². The second kappa shape index (κ2) is 5.94. The molecule has 0 unspecified atom stereocenters. The standard InChI is InChI=1S/C14H18FN3/c15-14-7-12(9-17)1-2-13(14)10-18-5-3-11(8-16)4-6-18/h1-2,7,11H,3-6,8,10,16H2. The van der Waals surface area contributed by atoms with E-state index in [1.807, 2.05) is 6.07 Å². The minimum atomic E-state index is -0.282. The van der Waals surface area contributed by atoms with E-state index in [0.717, 1.165) is 32.5 Å². The molecule has 0 aromatic heterocycles. The summed E-state index contributed by atoms with van der Waals surface area (Å²) in [5.74, 6) is 0.335. The molecule has 0 saturated carbocycles. The minimum Gasteiger partial charge on any atom is -0.330 e. The molecule has 1 fully saturated rings. The zero-order valence-corrected chi connectivity index (χ0v) is 10.4. The molecule has 0 aliphatic carbocycles. The Hall–Kier alpha value is -1.44. The van der Waals surface area contributed by atoms with Gasteiger partial charge in [0.05, 0.1) is 11.6 Å². The first-order valence-electron chi connectivity index (χ1n) is 6.34. The third kappa shape index (κ3) is 3.06. The predicted octanol–water partition coefficient (Wildman–Crippen LogP) is 1.87. The first kappa shape index (κ1) is 13.0. The Labute approximate surface area is 107 Å². The van der Waals surface area contributed by atoms with Crippen LogP contribution in [0, 0.1) is 23.1 Å². The fourth-order valence-corrected chi connectivity index (χ4v) is 2.37. The van der Waals surface area contributed by atoms with Gasteiger partial charge in [0.1, 0.15) is 5.82 Å². The van der Waals surface area contributed by atoms with Gasteiger partial charge in [0.25, 0.3) is 0 Å². The van der Waals surface area contributed by atoms with Gasteiger partial charge in [0.15, 0.2) is 0 Å². The molecule has 1 aliphatic rings. The summed E-state index contributed by atoms with van der Waals surface area (Å²) in [5.41, 5.74) is 6.69. The van der Waals surface area contributed by atoms with Crippen LogP contribution in [-0.2, 0) is 6.54 Å². The van der Waals surface area contributed by atoms with E-state index in [1.54, 1.807) is 12.1 Å². The molecule has 1 aromatic rings. The van der Waals surface area contributed by atoms with Crippen LogP contribution in [0.1, 0.15) is 24.0 Å². The number of rotatable bonds is 3. The van der Waals surface area contributed by atoms with Gasteiger partial charge in [-0.15, -0.1) is 0 Å². The molecule has 2 N–H and O–H groups in total. The second-order valence-electron chi connectivity index (χ2n) is 4.87. The summed E-state index contributed by atoms with van der Waals surface area (Å²) in [6.45, 7) is 3.32. The van der Waals surface area contributed by atoms with Gasteiger partial charge in [0.2, 0.25) is 0 Å². The SMILES string of the molecule is N#Cc1ccc(CN2CCC(CN)CC2)c(F)c1. The lowest BCUT2D eigenvalue weighted by Gasteiger charge is -2.31. The zero-order valence-electron chi connectivity index (χ0n) is 10.4. The molecular weight excluding hydrogens is 229 g/mol.